The third kappa shape index (κ3) is 3.48. The highest BCUT2D eigenvalue weighted by atomic mass is 32.2. The summed E-state index contributed by atoms with van der Waals surface area (Å²) in [5.41, 5.74) is 0. The van der Waals surface area contributed by atoms with Crippen molar-refractivity contribution in [2.75, 3.05) is 25.4 Å². The van der Waals surface area contributed by atoms with Gasteiger partial charge in [-0.1, -0.05) is 0 Å². The Bertz CT molecular complexity index is 196. The van der Waals surface area contributed by atoms with Gasteiger partial charge in [0, 0.05) is 30.2 Å². The molecule has 0 saturated heterocycles. The molecule has 4 nitrogen and oxygen atoms in total. The van der Waals surface area contributed by atoms with Crippen LogP contribution in [0.15, 0.2) is 0 Å². The van der Waals surface area contributed by atoms with Crippen molar-refractivity contribution in [1.82, 2.24) is 4.90 Å². The maximum atomic E-state index is 11.5. The van der Waals surface area contributed by atoms with Gasteiger partial charge in [0.15, 0.2) is 0 Å². The lowest BCUT2D eigenvalue weighted by atomic mass is 10.5. The van der Waals surface area contributed by atoms with Gasteiger partial charge in [-0.05, 0) is 19.8 Å². The van der Waals surface area contributed by atoms with Crippen molar-refractivity contribution in [3.63, 3.8) is 0 Å². The summed E-state index contributed by atoms with van der Waals surface area (Å²) in [6.45, 7) is 2.55. The number of rotatable bonds is 5. The zero-order valence-corrected chi connectivity index (χ0v) is 9.26. The van der Waals surface area contributed by atoms with E-state index in [4.69, 9.17) is 5.11 Å². The lowest BCUT2D eigenvalue weighted by Gasteiger charge is -2.19. The number of hydrogen-bond acceptors (Lipinski definition) is 3. The van der Waals surface area contributed by atoms with Crippen molar-refractivity contribution in [2.24, 2.45) is 5.92 Å². The molecule has 0 spiro atoms. The second-order valence-electron chi connectivity index (χ2n) is 3.52. The van der Waals surface area contributed by atoms with Gasteiger partial charge in [0.25, 0.3) is 0 Å². The van der Waals surface area contributed by atoms with E-state index in [-0.39, 0.29) is 18.4 Å². The van der Waals surface area contributed by atoms with Crippen LogP contribution in [0.5, 0.6) is 0 Å². The van der Waals surface area contributed by atoms with E-state index < -0.39 is 11.2 Å². The van der Waals surface area contributed by atoms with Crippen molar-refractivity contribution >= 4 is 16.4 Å². The molecular weight excluding hydrogens is 202 g/mol. The number of carbonyl (C=O) groups excluding carboxylic acids is 1. The van der Waals surface area contributed by atoms with Gasteiger partial charge < -0.3 is 9.66 Å². The Morgan fingerprint density at radius 2 is 2.29 bits per heavy atom. The standard InChI is InChI=1S/C9H17NO3S/c1-2-10(5-6-11)9(12)14(13)7-8-3-4-8/h8,11H,2-7H2,1H3. The third-order valence-corrected chi connectivity index (χ3v) is 3.71. The van der Waals surface area contributed by atoms with Crippen LogP contribution >= 0.6 is 0 Å². The van der Waals surface area contributed by atoms with Crippen LogP contribution in [0.3, 0.4) is 0 Å². The van der Waals surface area contributed by atoms with Crippen LogP contribution < -0.4 is 0 Å². The highest BCUT2D eigenvalue weighted by Crippen LogP contribution is 2.30. The number of nitrogens with zero attached hydrogens (tertiary/aromatic N) is 1. The number of hydrogen-bond donors (Lipinski definition) is 1. The molecule has 0 radical (unpaired) electrons. The predicted molar refractivity (Wildman–Crippen MR) is 55.5 cm³/mol. The Kier molecular flexibility index (Phi) is 4.71. The lowest BCUT2D eigenvalue weighted by Crippen LogP contribution is -2.38. The zero-order valence-electron chi connectivity index (χ0n) is 8.44. The van der Waals surface area contributed by atoms with Crippen LogP contribution in [0, 0.1) is 5.92 Å². The molecule has 5 heteroatoms. The quantitative estimate of drug-likeness (QED) is 0.688. The minimum Gasteiger partial charge on any atom is -0.608 e. The Morgan fingerprint density at radius 3 is 2.71 bits per heavy atom. The fourth-order valence-corrected chi connectivity index (χ4v) is 2.63. The molecule has 1 atom stereocenters. The molecule has 1 saturated carbocycles. The van der Waals surface area contributed by atoms with Crippen LogP contribution in [-0.4, -0.2) is 45.2 Å². The molecule has 14 heavy (non-hydrogen) atoms. The molecule has 1 aliphatic carbocycles. The fourth-order valence-electron chi connectivity index (χ4n) is 1.21. The summed E-state index contributed by atoms with van der Waals surface area (Å²) in [7, 11) is 0. The van der Waals surface area contributed by atoms with Gasteiger partial charge in [0.05, 0.1) is 6.61 Å². The van der Waals surface area contributed by atoms with E-state index in [0.29, 0.717) is 18.2 Å². The normalized spacial score (nSPS) is 17.9. The molecule has 1 rings (SSSR count). The molecule has 0 bridgehead atoms. The Hall–Kier alpha value is -0.260. The first kappa shape index (κ1) is 11.8. The molecule has 0 aromatic heterocycles. The van der Waals surface area contributed by atoms with Crippen LogP contribution in [0.2, 0.25) is 0 Å². The summed E-state index contributed by atoms with van der Waals surface area (Å²) in [5, 5.41) is 8.37. The van der Waals surface area contributed by atoms with Gasteiger partial charge in [-0.25, -0.2) is 4.79 Å². The SMILES string of the molecule is CCN(CCO)C(=O)[S+]([O-])CC1CC1. The first-order valence-corrected chi connectivity index (χ1v) is 6.29. The van der Waals surface area contributed by atoms with Crippen LogP contribution in [0.1, 0.15) is 19.8 Å². The van der Waals surface area contributed by atoms with E-state index >= 15 is 0 Å². The predicted octanol–water partition coefficient (Wildman–Crippen LogP) is 0.579. The largest absolute Gasteiger partial charge is 0.608 e. The third-order valence-electron chi connectivity index (χ3n) is 2.29. The molecule has 1 N–H and O–H groups in total. The van der Waals surface area contributed by atoms with Crippen LogP contribution in [0.25, 0.3) is 0 Å². The summed E-state index contributed by atoms with van der Waals surface area (Å²) in [4.78, 5) is 13.0. The number of aliphatic hydroxyl groups excluding tert-OH is 1. The van der Waals surface area contributed by atoms with Crippen molar-refractivity contribution < 1.29 is 14.5 Å². The summed E-state index contributed by atoms with van der Waals surface area (Å²) in [5.74, 6) is 0.994. The monoisotopic (exact) mass is 219 g/mol. The summed E-state index contributed by atoms with van der Waals surface area (Å²) in [6, 6.07) is 0. The van der Waals surface area contributed by atoms with Gasteiger partial charge in [0.2, 0.25) is 0 Å². The smallest absolute Gasteiger partial charge is 0.429 e. The Balaban J connectivity index is 2.34. The van der Waals surface area contributed by atoms with Crippen molar-refractivity contribution in [3.8, 4) is 0 Å². The molecule has 1 aliphatic rings. The molecule has 1 unspecified atom stereocenters. The summed E-state index contributed by atoms with van der Waals surface area (Å²) in [6.07, 6.45) is 2.20. The highest BCUT2D eigenvalue weighted by Gasteiger charge is 2.33. The number of amides is 1. The Morgan fingerprint density at radius 1 is 1.64 bits per heavy atom. The van der Waals surface area contributed by atoms with Gasteiger partial charge in [-0.15, -0.1) is 0 Å². The molecule has 82 valence electrons. The van der Waals surface area contributed by atoms with E-state index in [9.17, 15) is 9.35 Å². The average Bonchev–Trinajstić information content (AvgIpc) is 2.96. The topological polar surface area (TPSA) is 63.6 Å². The second kappa shape index (κ2) is 5.58. The van der Waals surface area contributed by atoms with Crippen LogP contribution in [-0.2, 0) is 11.2 Å². The van der Waals surface area contributed by atoms with Gasteiger partial charge in [-0.3, -0.25) is 4.90 Å². The zero-order chi connectivity index (χ0) is 10.6. The minimum atomic E-state index is -1.39. The van der Waals surface area contributed by atoms with E-state index in [1.54, 1.807) is 0 Å². The van der Waals surface area contributed by atoms with Gasteiger partial charge >= 0.3 is 5.24 Å². The second-order valence-corrected chi connectivity index (χ2v) is 4.90. The number of aliphatic hydroxyl groups is 1. The van der Waals surface area contributed by atoms with Gasteiger partial charge in [0.1, 0.15) is 5.75 Å². The first-order valence-electron chi connectivity index (χ1n) is 4.97. The molecule has 0 aromatic rings. The summed E-state index contributed by atoms with van der Waals surface area (Å²) >= 11 is -1.39. The highest BCUT2D eigenvalue weighted by molar-refractivity contribution is 8.05. The van der Waals surface area contributed by atoms with Crippen molar-refractivity contribution in [1.29, 1.82) is 0 Å². The minimum absolute atomic E-state index is 0.0692. The molecule has 1 fully saturated rings. The lowest BCUT2D eigenvalue weighted by molar-refractivity contribution is 0.199. The van der Waals surface area contributed by atoms with E-state index in [1.165, 1.54) is 4.90 Å². The maximum Gasteiger partial charge on any atom is 0.429 e. The average molecular weight is 219 g/mol. The van der Waals surface area contributed by atoms with E-state index in [2.05, 4.69) is 0 Å². The van der Waals surface area contributed by atoms with Gasteiger partial charge in [-0.2, -0.15) is 0 Å². The van der Waals surface area contributed by atoms with Crippen molar-refractivity contribution in [3.05, 3.63) is 0 Å². The van der Waals surface area contributed by atoms with Crippen LogP contribution in [0.4, 0.5) is 4.79 Å². The molecule has 0 heterocycles. The molecule has 0 aromatic carbocycles. The molecule has 0 aliphatic heterocycles. The van der Waals surface area contributed by atoms with E-state index in [0.717, 1.165) is 12.8 Å². The maximum absolute atomic E-state index is 11.5. The van der Waals surface area contributed by atoms with Crippen molar-refractivity contribution in [2.45, 2.75) is 19.8 Å². The number of likely N-dealkylation sites (N-methyl/N-ethyl adjacent to an activating group) is 1. The number of carbonyl (C=O) groups is 1. The molecule has 1 amide bonds. The Labute approximate surface area is 87.5 Å². The first-order chi connectivity index (χ1) is 6.69. The van der Waals surface area contributed by atoms with E-state index in [1.807, 2.05) is 6.92 Å². The fraction of sp³-hybridized carbons (Fsp3) is 0.889. The summed E-state index contributed by atoms with van der Waals surface area (Å²) < 4.78 is 11.5. The molecular formula is C9H17NO3S.